The van der Waals surface area contributed by atoms with Crippen LogP contribution in [0.2, 0.25) is 0 Å². The van der Waals surface area contributed by atoms with Crippen LogP contribution >= 0.6 is 12.8 Å². The van der Waals surface area contributed by atoms with Crippen molar-refractivity contribution < 1.29 is 9.90 Å². The molecule has 3 rings (SSSR count). The maximum absolute atomic E-state index is 11.6. The van der Waals surface area contributed by atoms with Gasteiger partial charge in [-0.25, -0.2) is 4.79 Å². The van der Waals surface area contributed by atoms with E-state index in [2.05, 4.69) is 22.5 Å². The molecule has 1 heterocycles. The monoisotopic (exact) mass is 298 g/mol. The second kappa shape index (κ2) is 5.63. The molecular weight excluding hydrogens is 284 g/mol. The van der Waals surface area contributed by atoms with E-state index < -0.39 is 5.97 Å². The number of H-pyrrole nitrogens is 1. The van der Waals surface area contributed by atoms with Crippen molar-refractivity contribution in [3.8, 4) is 11.1 Å². The van der Waals surface area contributed by atoms with E-state index in [0.29, 0.717) is 6.54 Å². The van der Waals surface area contributed by atoms with Gasteiger partial charge in [-0.15, -0.1) is 0 Å². The first-order valence-electron chi connectivity index (χ1n) is 6.51. The number of hydrogen-bond acceptors (Lipinski definition) is 3. The van der Waals surface area contributed by atoms with Crippen LogP contribution in [0, 0.1) is 0 Å². The lowest BCUT2D eigenvalue weighted by Crippen LogP contribution is -2.03. The molecule has 0 bridgehead atoms. The fraction of sp³-hybridized carbons (Fsp3) is 0.0625. The van der Waals surface area contributed by atoms with E-state index >= 15 is 0 Å². The number of benzene rings is 2. The molecule has 21 heavy (non-hydrogen) atoms. The minimum absolute atomic E-state index is 0.211. The average Bonchev–Trinajstić information content (AvgIpc) is 2.88. The van der Waals surface area contributed by atoms with Crippen LogP contribution in [-0.2, 0) is 6.54 Å². The SMILES string of the molecule is O=C(O)c1[nH]c2ccccc2c1-c1ccccc1CNS. The molecule has 0 aliphatic carbocycles. The molecular formula is C16H14N2O2S. The number of carbonyl (C=O) groups is 1. The van der Waals surface area contributed by atoms with Gasteiger partial charge in [0.2, 0.25) is 0 Å². The highest BCUT2D eigenvalue weighted by Gasteiger charge is 2.19. The molecule has 0 saturated heterocycles. The fourth-order valence-corrected chi connectivity index (χ4v) is 2.76. The number of rotatable bonds is 4. The predicted octanol–water partition coefficient (Wildman–Crippen LogP) is 3.47. The van der Waals surface area contributed by atoms with E-state index in [1.807, 2.05) is 48.5 Å². The summed E-state index contributed by atoms with van der Waals surface area (Å²) >= 11 is 4.04. The average molecular weight is 298 g/mol. The number of thiol groups is 1. The smallest absolute Gasteiger partial charge is 0.352 e. The normalized spacial score (nSPS) is 10.9. The third-order valence-corrected chi connectivity index (χ3v) is 3.63. The van der Waals surface area contributed by atoms with Crippen LogP contribution in [-0.4, -0.2) is 16.1 Å². The number of hydrogen-bond donors (Lipinski definition) is 4. The Balaban J connectivity index is 2.33. The van der Waals surface area contributed by atoms with Crippen LogP contribution in [0.4, 0.5) is 0 Å². The Morgan fingerprint density at radius 2 is 1.86 bits per heavy atom. The molecule has 0 spiro atoms. The van der Waals surface area contributed by atoms with Gasteiger partial charge in [-0.1, -0.05) is 55.3 Å². The molecule has 0 amide bonds. The second-order valence-electron chi connectivity index (χ2n) is 4.72. The molecule has 0 radical (unpaired) electrons. The van der Waals surface area contributed by atoms with Crippen LogP contribution in [0.5, 0.6) is 0 Å². The summed E-state index contributed by atoms with van der Waals surface area (Å²) in [6, 6.07) is 15.3. The van der Waals surface area contributed by atoms with Gasteiger partial charge in [0.1, 0.15) is 5.69 Å². The summed E-state index contributed by atoms with van der Waals surface area (Å²) in [6.45, 7) is 0.553. The molecule has 106 valence electrons. The van der Waals surface area contributed by atoms with Crippen molar-refractivity contribution in [1.29, 1.82) is 0 Å². The first kappa shape index (κ1) is 13.7. The molecule has 1 aromatic heterocycles. The molecule has 3 N–H and O–H groups in total. The highest BCUT2D eigenvalue weighted by molar-refractivity contribution is 7.78. The zero-order valence-corrected chi connectivity index (χ0v) is 12.0. The number of fused-ring (bicyclic) bond motifs is 1. The van der Waals surface area contributed by atoms with Gasteiger partial charge in [-0.05, 0) is 17.2 Å². The van der Waals surface area contributed by atoms with Gasteiger partial charge in [-0.2, -0.15) is 0 Å². The third-order valence-electron chi connectivity index (χ3n) is 3.48. The Labute approximate surface area is 127 Å². The summed E-state index contributed by atoms with van der Waals surface area (Å²) in [5.41, 5.74) is 3.65. The second-order valence-corrected chi connectivity index (χ2v) is 5.03. The lowest BCUT2D eigenvalue weighted by atomic mass is 9.97. The number of para-hydroxylation sites is 1. The van der Waals surface area contributed by atoms with Crippen molar-refractivity contribution >= 4 is 29.7 Å². The number of aromatic amines is 1. The lowest BCUT2D eigenvalue weighted by Gasteiger charge is -2.09. The molecule has 0 fully saturated rings. The molecule has 0 atom stereocenters. The van der Waals surface area contributed by atoms with Gasteiger partial charge in [-0.3, -0.25) is 4.72 Å². The van der Waals surface area contributed by atoms with Crippen LogP contribution < -0.4 is 4.72 Å². The van der Waals surface area contributed by atoms with Crippen molar-refractivity contribution in [2.75, 3.05) is 0 Å². The molecule has 5 heteroatoms. The van der Waals surface area contributed by atoms with Crippen molar-refractivity contribution in [2.24, 2.45) is 0 Å². The fourth-order valence-electron chi connectivity index (χ4n) is 2.59. The standard InChI is InChI=1S/C16H14N2O2S/c19-16(20)15-14(12-7-3-4-8-13(12)18-15)11-6-2-1-5-10(11)9-17-21/h1-8,17-18,21H,9H2,(H,19,20). The molecule has 3 aromatic rings. The number of nitrogens with one attached hydrogen (secondary N) is 2. The summed E-state index contributed by atoms with van der Waals surface area (Å²) in [5.74, 6) is -0.963. The number of aromatic nitrogens is 1. The van der Waals surface area contributed by atoms with Crippen molar-refractivity contribution in [3.05, 3.63) is 59.8 Å². The van der Waals surface area contributed by atoms with E-state index in [0.717, 1.165) is 27.6 Å². The summed E-state index contributed by atoms with van der Waals surface area (Å²) < 4.78 is 2.82. The Bertz CT molecular complexity index is 811. The van der Waals surface area contributed by atoms with Gasteiger partial charge in [0.05, 0.1) is 0 Å². The zero-order chi connectivity index (χ0) is 14.8. The van der Waals surface area contributed by atoms with Crippen LogP contribution in [0.25, 0.3) is 22.0 Å². The largest absolute Gasteiger partial charge is 0.477 e. The Morgan fingerprint density at radius 1 is 1.14 bits per heavy atom. The number of carboxylic acids is 1. The first-order valence-corrected chi connectivity index (χ1v) is 6.96. The van der Waals surface area contributed by atoms with E-state index in [4.69, 9.17) is 0 Å². The highest BCUT2D eigenvalue weighted by Crippen LogP contribution is 2.34. The third kappa shape index (κ3) is 2.41. The minimum Gasteiger partial charge on any atom is -0.477 e. The van der Waals surface area contributed by atoms with E-state index in [1.54, 1.807) is 0 Å². The highest BCUT2D eigenvalue weighted by atomic mass is 32.1. The predicted molar refractivity (Wildman–Crippen MR) is 86.5 cm³/mol. The topological polar surface area (TPSA) is 65.1 Å². The minimum atomic E-state index is -0.963. The van der Waals surface area contributed by atoms with E-state index in [9.17, 15) is 9.90 Å². The Kier molecular flexibility index (Phi) is 3.68. The maximum Gasteiger partial charge on any atom is 0.352 e. The van der Waals surface area contributed by atoms with Crippen LogP contribution in [0.1, 0.15) is 16.1 Å². The van der Waals surface area contributed by atoms with Crippen LogP contribution in [0.3, 0.4) is 0 Å². The number of aromatic carboxylic acids is 1. The van der Waals surface area contributed by atoms with Gasteiger partial charge < -0.3 is 10.1 Å². The summed E-state index contributed by atoms with van der Waals surface area (Å²) in [4.78, 5) is 14.6. The molecule has 4 nitrogen and oxygen atoms in total. The van der Waals surface area contributed by atoms with Gasteiger partial charge in [0.15, 0.2) is 0 Å². The molecule has 0 aliphatic rings. The summed E-state index contributed by atoms with van der Waals surface area (Å²) in [7, 11) is 0. The summed E-state index contributed by atoms with van der Waals surface area (Å²) in [6.07, 6.45) is 0. The van der Waals surface area contributed by atoms with Crippen molar-refractivity contribution in [2.45, 2.75) is 6.54 Å². The number of carboxylic acid groups (broad SMARTS) is 1. The Morgan fingerprint density at radius 3 is 2.62 bits per heavy atom. The van der Waals surface area contributed by atoms with E-state index in [1.165, 1.54) is 0 Å². The molecule has 2 aromatic carbocycles. The van der Waals surface area contributed by atoms with Gasteiger partial charge in [0, 0.05) is 23.0 Å². The van der Waals surface area contributed by atoms with E-state index in [-0.39, 0.29) is 5.69 Å². The van der Waals surface area contributed by atoms with Crippen LogP contribution in [0.15, 0.2) is 48.5 Å². The lowest BCUT2D eigenvalue weighted by molar-refractivity contribution is 0.0692. The van der Waals surface area contributed by atoms with Gasteiger partial charge in [0.25, 0.3) is 0 Å². The quantitative estimate of drug-likeness (QED) is 0.558. The molecule has 0 unspecified atom stereocenters. The van der Waals surface area contributed by atoms with Crippen molar-refractivity contribution in [3.63, 3.8) is 0 Å². The van der Waals surface area contributed by atoms with Gasteiger partial charge >= 0.3 is 5.97 Å². The zero-order valence-electron chi connectivity index (χ0n) is 11.1. The molecule has 0 saturated carbocycles. The van der Waals surface area contributed by atoms with Crippen molar-refractivity contribution in [1.82, 2.24) is 9.71 Å². The Hall–Kier alpha value is -2.24. The molecule has 0 aliphatic heterocycles. The summed E-state index contributed by atoms with van der Waals surface area (Å²) in [5, 5.41) is 10.4. The first-order chi connectivity index (χ1) is 10.2. The maximum atomic E-state index is 11.6.